The number of hydrogen-bond acceptors (Lipinski definition) is 6. The van der Waals surface area contributed by atoms with E-state index in [1.807, 2.05) is 13.1 Å². The second-order valence-corrected chi connectivity index (χ2v) is 9.50. The fourth-order valence-electron chi connectivity index (χ4n) is 4.50. The highest BCUT2D eigenvalue weighted by atomic mass is 16.3. The third-order valence-electron chi connectivity index (χ3n) is 5.70. The van der Waals surface area contributed by atoms with Gasteiger partial charge in [0, 0.05) is 47.2 Å². The molecule has 1 aliphatic heterocycles. The average Bonchev–Trinajstić information content (AvgIpc) is 3.17. The van der Waals surface area contributed by atoms with E-state index in [0.29, 0.717) is 23.1 Å². The van der Waals surface area contributed by atoms with E-state index < -0.39 is 0 Å². The summed E-state index contributed by atoms with van der Waals surface area (Å²) in [6.45, 7) is 8.90. The van der Waals surface area contributed by atoms with Gasteiger partial charge in [-0.05, 0) is 70.4 Å². The molecule has 0 radical (unpaired) electrons. The number of aromatic nitrogens is 2. The van der Waals surface area contributed by atoms with Crippen LogP contribution < -0.4 is 16.8 Å². The molecule has 162 valence electrons. The number of nitrogens with zero attached hydrogens (tertiary/aromatic N) is 2. The Labute approximate surface area is 178 Å². The second kappa shape index (κ2) is 8.07. The van der Waals surface area contributed by atoms with Crippen molar-refractivity contribution < 1.29 is 5.11 Å². The van der Waals surface area contributed by atoms with E-state index in [4.69, 9.17) is 11.5 Å². The lowest BCUT2D eigenvalue weighted by Gasteiger charge is -2.49. The van der Waals surface area contributed by atoms with Gasteiger partial charge in [0.05, 0.1) is 12.0 Å². The Morgan fingerprint density at radius 1 is 1.13 bits per heavy atom. The van der Waals surface area contributed by atoms with E-state index in [9.17, 15) is 5.11 Å². The minimum atomic E-state index is 0.0400. The van der Waals surface area contributed by atoms with E-state index in [1.54, 1.807) is 36.7 Å². The van der Waals surface area contributed by atoms with Gasteiger partial charge in [0.15, 0.2) is 0 Å². The van der Waals surface area contributed by atoms with Crippen molar-refractivity contribution in [3.8, 4) is 16.9 Å². The van der Waals surface area contributed by atoms with E-state index in [2.05, 4.69) is 48.1 Å². The molecular weight excluding hydrogens is 376 g/mol. The van der Waals surface area contributed by atoms with Crippen LogP contribution in [-0.2, 0) is 0 Å². The number of nitrogens with one attached hydrogen (secondary N) is 2. The highest BCUT2D eigenvalue weighted by Gasteiger charge is 2.39. The molecule has 0 spiro atoms. The molecule has 1 aromatic heterocycles. The quantitative estimate of drug-likeness (QED) is 0.484. The van der Waals surface area contributed by atoms with Gasteiger partial charge in [-0.25, -0.2) is 0 Å². The fraction of sp³-hybridized carbons (Fsp3) is 0.435. The summed E-state index contributed by atoms with van der Waals surface area (Å²) in [7, 11) is 2.02. The minimum absolute atomic E-state index is 0.0400. The van der Waals surface area contributed by atoms with Crippen LogP contribution in [0.4, 0.5) is 0 Å². The molecule has 0 amide bonds. The molecule has 1 aliphatic rings. The Hall–Kier alpha value is -2.93. The van der Waals surface area contributed by atoms with Crippen LogP contribution in [0.2, 0.25) is 0 Å². The summed E-state index contributed by atoms with van der Waals surface area (Å²) in [5.41, 5.74) is 15.5. The van der Waals surface area contributed by atoms with Crippen LogP contribution in [0.3, 0.4) is 0 Å². The predicted molar refractivity (Wildman–Crippen MR) is 122 cm³/mol. The number of nitrogens with two attached hydrogens (primary N) is 2. The molecule has 7 heteroatoms. The highest BCUT2D eigenvalue weighted by Crippen LogP contribution is 2.32. The van der Waals surface area contributed by atoms with Gasteiger partial charge in [0.1, 0.15) is 5.75 Å². The number of phenolic OH excluding ortho intramolecular Hbond substituents is 1. The van der Waals surface area contributed by atoms with Crippen molar-refractivity contribution in [2.75, 3.05) is 7.05 Å². The molecule has 1 aromatic carbocycles. The Kier molecular flexibility index (Phi) is 5.85. The Bertz CT molecular complexity index is 927. The third kappa shape index (κ3) is 4.97. The number of rotatable bonds is 5. The molecule has 1 saturated heterocycles. The number of phenols is 1. The first-order chi connectivity index (χ1) is 14.0. The van der Waals surface area contributed by atoms with Crippen LogP contribution >= 0.6 is 0 Å². The minimum Gasteiger partial charge on any atom is -0.507 e. The lowest BCUT2D eigenvalue weighted by atomic mass is 9.79. The maximum absolute atomic E-state index is 10.4. The Morgan fingerprint density at radius 2 is 1.80 bits per heavy atom. The van der Waals surface area contributed by atoms with Crippen molar-refractivity contribution in [3.63, 3.8) is 0 Å². The van der Waals surface area contributed by atoms with Gasteiger partial charge in [0.2, 0.25) is 0 Å². The Balaban J connectivity index is 1.76. The van der Waals surface area contributed by atoms with Gasteiger partial charge >= 0.3 is 0 Å². The molecule has 0 aliphatic carbocycles. The molecule has 3 rings (SSSR count). The van der Waals surface area contributed by atoms with Crippen LogP contribution in [0.25, 0.3) is 16.8 Å². The van der Waals surface area contributed by atoms with Crippen molar-refractivity contribution in [3.05, 3.63) is 54.1 Å². The molecule has 0 atom stereocenters. The summed E-state index contributed by atoms with van der Waals surface area (Å²) >= 11 is 0. The number of aromatic hydroxyl groups is 1. The topological polar surface area (TPSA) is 116 Å². The Morgan fingerprint density at radius 3 is 2.37 bits per heavy atom. The molecule has 0 unspecified atom stereocenters. The van der Waals surface area contributed by atoms with Gasteiger partial charge < -0.3 is 26.8 Å². The van der Waals surface area contributed by atoms with Gasteiger partial charge in [-0.15, -0.1) is 0 Å². The van der Waals surface area contributed by atoms with Crippen molar-refractivity contribution in [1.29, 1.82) is 0 Å². The van der Waals surface area contributed by atoms with Gasteiger partial charge in [0.25, 0.3) is 0 Å². The molecular formula is C23H34N6O. The van der Waals surface area contributed by atoms with Crippen LogP contribution in [-0.4, -0.2) is 44.4 Å². The lowest BCUT2D eigenvalue weighted by molar-refractivity contribution is 0.0981. The highest BCUT2D eigenvalue weighted by molar-refractivity contribution is 5.74. The number of hydrogen-bond donors (Lipinski definition) is 5. The summed E-state index contributed by atoms with van der Waals surface area (Å²) in [4.78, 5) is 2.12. The van der Waals surface area contributed by atoms with E-state index >= 15 is 0 Å². The molecule has 2 aromatic rings. The lowest BCUT2D eigenvalue weighted by Crippen LogP contribution is -2.61. The van der Waals surface area contributed by atoms with Crippen LogP contribution in [0.15, 0.2) is 48.6 Å². The summed E-state index contributed by atoms with van der Waals surface area (Å²) in [6, 6.07) is 5.71. The normalized spacial score (nSPS) is 19.6. The first-order valence-corrected chi connectivity index (χ1v) is 10.3. The zero-order chi connectivity index (χ0) is 22.1. The number of H-pyrrole nitrogens is 1. The standard InChI is InChI=1S/C23H34N6O/c1-22(2)11-17(12-23(3,4)28-22)29(5)21(25)9-8-19(24)18-7-6-15(10-20(18)30)16-13-26-27-14-16/h6-10,13-14,17,28,30H,11-12,24-25H2,1-5H3,(H,26,27)/b19-8-,21-9+. The van der Waals surface area contributed by atoms with Crippen LogP contribution in [0.5, 0.6) is 5.75 Å². The largest absolute Gasteiger partial charge is 0.507 e. The molecule has 0 bridgehead atoms. The molecule has 30 heavy (non-hydrogen) atoms. The molecule has 1 fully saturated rings. The maximum atomic E-state index is 10.4. The van der Waals surface area contributed by atoms with E-state index in [0.717, 1.165) is 24.0 Å². The molecule has 7 N–H and O–H groups in total. The van der Waals surface area contributed by atoms with Crippen molar-refractivity contribution in [1.82, 2.24) is 20.4 Å². The second-order valence-electron chi connectivity index (χ2n) is 9.50. The molecule has 7 nitrogen and oxygen atoms in total. The summed E-state index contributed by atoms with van der Waals surface area (Å²) < 4.78 is 0. The zero-order valence-corrected chi connectivity index (χ0v) is 18.5. The summed E-state index contributed by atoms with van der Waals surface area (Å²) in [5.74, 6) is 0.760. The van der Waals surface area contributed by atoms with Gasteiger partial charge in [-0.3, -0.25) is 5.10 Å². The van der Waals surface area contributed by atoms with Crippen LogP contribution in [0.1, 0.15) is 46.1 Å². The van der Waals surface area contributed by atoms with E-state index in [-0.39, 0.29) is 16.8 Å². The maximum Gasteiger partial charge on any atom is 0.125 e. The molecule has 0 saturated carbocycles. The first kappa shape index (κ1) is 21.8. The molecule has 2 heterocycles. The number of piperidine rings is 1. The number of benzene rings is 1. The predicted octanol–water partition coefficient (Wildman–Crippen LogP) is 3.12. The number of allylic oxidation sites excluding steroid dienone is 2. The van der Waals surface area contributed by atoms with Crippen molar-refractivity contribution >= 4 is 5.70 Å². The van der Waals surface area contributed by atoms with Gasteiger partial charge in [-0.1, -0.05) is 6.07 Å². The number of aromatic amines is 1. The van der Waals surface area contributed by atoms with Crippen molar-refractivity contribution in [2.45, 2.75) is 57.7 Å². The average molecular weight is 411 g/mol. The zero-order valence-electron chi connectivity index (χ0n) is 18.5. The monoisotopic (exact) mass is 410 g/mol. The van der Waals surface area contributed by atoms with Gasteiger partial charge in [-0.2, -0.15) is 5.10 Å². The van der Waals surface area contributed by atoms with E-state index in [1.165, 1.54) is 0 Å². The van der Waals surface area contributed by atoms with Crippen LogP contribution in [0, 0.1) is 0 Å². The SMILES string of the molecule is CN(/C(N)=C/C=C(\N)c1ccc(-c2cn[nH]c2)cc1O)C1CC(C)(C)NC(C)(C)C1. The summed E-state index contributed by atoms with van der Waals surface area (Å²) in [6.07, 6.45) is 9.02. The third-order valence-corrected chi connectivity index (χ3v) is 5.70. The smallest absolute Gasteiger partial charge is 0.125 e. The van der Waals surface area contributed by atoms with Crippen molar-refractivity contribution in [2.24, 2.45) is 11.5 Å². The fourth-order valence-corrected chi connectivity index (χ4v) is 4.50. The summed E-state index contributed by atoms with van der Waals surface area (Å²) in [5, 5.41) is 20.8. The first-order valence-electron chi connectivity index (χ1n) is 10.3.